The van der Waals surface area contributed by atoms with Gasteiger partial charge in [-0.25, -0.2) is 4.98 Å². The number of nitrogen functional groups attached to an aromatic ring is 2. The Labute approximate surface area is 99.1 Å². The van der Waals surface area contributed by atoms with Gasteiger partial charge in [-0.1, -0.05) is 0 Å². The largest absolute Gasteiger partial charge is 0.383 e. The van der Waals surface area contributed by atoms with Gasteiger partial charge in [0.2, 0.25) is 5.95 Å². The average Bonchev–Trinajstić information content (AvgIpc) is 2.63. The van der Waals surface area contributed by atoms with E-state index in [1.165, 1.54) is 0 Å². The molecule has 2 rings (SSSR count). The van der Waals surface area contributed by atoms with Crippen LogP contribution in [0.3, 0.4) is 0 Å². The summed E-state index contributed by atoms with van der Waals surface area (Å²) in [5.41, 5.74) is 11.2. The molecule has 7 nitrogen and oxygen atoms in total. The van der Waals surface area contributed by atoms with E-state index < -0.39 is 0 Å². The highest BCUT2D eigenvalue weighted by molar-refractivity contribution is 5.49. The van der Waals surface area contributed by atoms with Crippen LogP contribution >= 0.6 is 0 Å². The van der Waals surface area contributed by atoms with Crippen LogP contribution in [0, 0.1) is 0 Å². The lowest BCUT2D eigenvalue weighted by Gasteiger charge is -2.18. The van der Waals surface area contributed by atoms with Gasteiger partial charge < -0.3 is 20.9 Å². The first-order valence-electron chi connectivity index (χ1n) is 5.13. The van der Waals surface area contributed by atoms with Gasteiger partial charge in [-0.3, -0.25) is 0 Å². The third-order valence-electron chi connectivity index (χ3n) is 2.44. The molecule has 0 aliphatic heterocycles. The first kappa shape index (κ1) is 11.2. The van der Waals surface area contributed by atoms with E-state index in [1.54, 1.807) is 12.3 Å². The molecule has 17 heavy (non-hydrogen) atoms. The van der Waals surface area contributed by atoms with Gasteiger partial charge in [-0.15, -0.1) is 0 Å². The van der Waals surface area contributed by atoms with Crippen molar-refractivity contribution in [1.82, 2.24) is 19.5 Å². The molecule has 0 saturated carbocycles. The van der Waals surface area contributed by atoms with Crippen LogP contribution in [-0.2, 0) is 13.6 Å². The van der Waals surface area contributed by atoms with Gasteiger partial charge >= 0.3 is 0 Å². The zero-order valence-corrected chi connectivity index (χ0v) is 9.83. The summed E-state index contributed by atoms with van der Waals surface area (Å²) in [7, 11) is 3.84. The Hall–Kier alpha value is -2.31. The Bertz CT molecular complexity index is 499. The van der Waals surface area contributed by atoms with Gasteiger partial charge in [0.25, 0.3) is 0 Å². The van der Waals surface area contributed by atoms with E-state index in [9.17, 15) is 0 Å². The number of hydrogen-bond donors (Lipinski definition) is 2. The van der Waals surface area contributed by atoms with E-state index in [2.05, 4.69) is 15.0 Å². The quantitative estimate of drug-likeness (QED) is 0.774. The summed E-state index contributed by atoms with van der Waals surface area (Å²) < 4.78 is 1.95. The number of nitrogens with zero attached hydrogens (tertiary/aromatic N) is 5. The van der Waals surface area contributed by atoms with Crippen LogP contribution in [0.25, 0.3) is 0 Å². The van der Waals surface area contributed by atoms with Gasteiger partial charge in [0, 0.05) is 32.6 Å². The fourth-order valence-corrected chi connectivity index (χ4v) is 1.51. The molecule has 0 aliphatic rings. The highest BCUT2D eigenvalue weighted by Crippen LogP contribution is 2.15. The molecule has 0 atom stereocenters. The SMILES string of the molecule is CN(Cc1nccn1C)c1cc(N)nc(N)n1. The van der Waals surface area contributed by atoms with E-state index in [4.69, 9.17) is 11.5 Å². The van der Waals surface area contributed by atoms with E-state index in [0.29, 0.717) is 18.2 Å². The fourth-order valence-electron chi connectivity index (χ4n) is 1.51. The van der Waals surface area contributed by atoms with Gasteiger partial charge in [0.1, 0.15) is 17.5 Å². The molecular formula is C10H15N7. The fraction of sp³-hybridized carbons (Fsp3) is 0.300. The molecular weight excluding hydrogens is 218 g/mol. The van der Waals surface area contributed by atoms with Crippen molar-refractivity contribution >= 4 is 17.6 Å². The highest BCUT2D eigenvalue weighted by Gasteiger charge is 2.08. The lowest BCUT2D eigenvalue weighted by Crippen LogP contribution is -2.21. The first-order valence-corrected chi connectivity index (χ1v) is 5.13. The second-order valence-electron chi connectivity index (χ2n) is 3.82. The summed E-state index contributed by atoms with van der Waals surface area (Å²) in [6, 6.07) is 1.68. The molecule has 0 aromatic carbocycles. The second kappa shape index (κ2) is 4.28. The normalized spacial score (nSPS) is 10.5. The van der Waals surface area contributed by atoms with Gasteiger partial charge in [-0.2, -0.15) is 9.97 Å². The number of rotatable bonds is 3. The summed E-state index contributed by atoms with van der Waals surface area (Å²) in [5.74, 6) is 2.15. The number of nitrogens with two attached hydrogens (primary N) is 2. The first-order chi connectivity index (χ1) is 8.06. The van der Waals surface area contributed by atoms with Crippen LogP contribution < -0.4 is 16.4 Å². The Morgan fingerprint density at radius 1 is 1.35 bits per heavy atom. The van der Waals surface area contributed by atoms with Crippen molar-refractivity contribution in [2.75, 3.05) is 23.4 Å². The van der Waals surface area contributed by atoms with Crippen LogP contribution in [-0.4, -0.2) is 26.6 Å². The Kier molecular flexibility index (Phi) is 2.82. The maximum atomic E-state index is 5.62. The zero-order chi connectivity index (χ0) is 12.4. The van der Waals surface area contributed by atoms with Crippen LogP contribution in [0.5, 0.6) is 0 Å². The summed E-state index contributed by atoms with van der Waals surface area (Å²) >= 11 is 0. The second-order valence-corrected chi connectivity index (χ2v) is 3.82. The molecule has 4 N–H and O–H groups in total. The standard InChI is InChI=1S/C10H15N7/c1-16-4-3-13-9(16)6-17(2)8-5-7(11)14-10(12)15-8/h3-5H,6H2,1-2H3,(H4,11,12,14,15). The highest BCUT2D eigenvalue weighted by atomic mass is 15.2. The van der Waals surface area contributed by atoms with E-state index in [0.717, 1.165) is 5.82 Å². The van der Waals surface area contributed by atoms with Crippen molar-refractivity contribution in [1.29, 1.82) is 0 Å². The maximum absolute atomic E-state index is 5.62. The Balaban J connectivity index is 2.20. The van der Waals surface area contributed by atoms with Gasteiger partial charge in [0.15, 0.2) is 0 Å². The summed E-state index contributed by atoms with van der Waals surface area (Å²) in [6.45, 7) is 0.624. The topological polar surface area (TPSA) is 98.9 Å². The average molecular weight is 233 g/mol. The molecule has 0 saturated heterocycles. The Morgan fingerprint density at radius 2 is 2.12 bits per heavy atom. The minimum absolute atomic E-state index is 0.173. The third-order valence-corrected chi connectivity index (χ3v) is 2.44. The van der Waals surface area contributed by atoms with Crippen molar-refractivity contribution in [2.45, 2.75) is 6.54 Å². The van der Waals surface area contributed by atoms with Gasteiger partial charge in [0.05, 0.1) is 6.54 Å². The molecule has 2 aromatic rings. The van der Waals surface area contributed by atoms with Crippen LogP contribution in [0.4, 0.5) is 17.6 Å². The van der Waals surface area contributed by atoms with E-state index >= 15 is 0 Å². The van der Waals surface area contributed by atoms with E-state index in [1.807, 2.05) is 29.8 Å². The van der Waals surface area contributed by atoms with Crippen molar-refractivity contribution in [3.63, 3.8) is 0 Å². The molecule has 7 heteroatoms. The maximum Gasteiger partial charge on any atom is 0.223 e. The Morgan fingerprint density at radius 3 is 2.71 bits per heavy atom. The minimum Gasteiger partial charge on any atom is -0.383 e. The molecule has 0 radical (unpaired) electrons. The predicted octanol–water partition coefficient (Wildman–Crippen LogP) is 0.0109. The van der Waals surface area contributed by atoms with Crippen LogP contribution in [0.2, 0.25) is 0 Å². The smallest absolute Gasteiger partial charge is 0.223 e. The molecule has 90 valence electrons. The summed E-state index contributed by atoms with van der Waals surface area (Å²) in [5, 5.41) is 0. The summed E-state index contributed by atoms with van der Waals surface area (Å²) in [6.07, 6.45) is 3.65. The molecule has 2 heterocycles. The molecule has 0 aliphatic carbocycles. The monoisotopic (exact) mass is 233 g/mol. The molecule has 0 fully saturated rings. The van der Waals surface area contributed by atoms with Crippen molar-refractivity contribution in [3.05, 3.63) is 24.3 Å². The number of aryl methyl sites for hydroxylation is 1. The number of anilines is 3. The zero-order valence-electron chi connectivity index (χ0n) is 9.83. The van der Waals surface area contributed by atoms with E-state index in [-0.39, 0.29) is 5.95 Å². The van der Waals surface area contributed by atoms with Crippen LogP contribution in [0.15, 0.2) is 18.5 Å². The van der Waals surface area contributed by atoms with Crippen molar-refractivity contribution < 1.29 is 0 Å². The van der Waals surface area contributed by atoms with Crippen molar-refractivity contribution in [2.24, 2.45) is 7.05 Å². The summed E-state index contributed by atoms with van der Waals surface area (Å²) in [4.78, 5) is 14.1. The predicted molar refractivity (Wildman–Crippen MR) is 66.2 cm³/mol. The van der Waals surface area contributed by atoms with Crippen molar-refractivity contribution in [3.8, 4) is 0 Å². The van der Waals surface area contributed by atoms with Crippen LogP contribution in [0.1, 0.15) is 5.82 Å². The number of hydrogen-bond acceptors (Lipinski definition) is 6. The number of aromatic nitrogens is 4. The molecule has 2 aromatic heterocycles. The molecule has 0 spiro atoms. The number of imidazole rings is 1. The molecule has 0 amide bonds. The molecule has 0 unspecified atom stereocenters. The van der Waals surface area contributed by atoms with Gasteiger partial charge in [-0.05, 0) is 0 Å². The third kappa shape index (κ3) is 2.44. The lowest BCUT2D eigenvalue weighted by molar-refractivity contribution is 0.755. The lowest BCUT2D eigenvalue weighted by atomic mass is 10.4. The molecule has 0 bridgehead atoms. The minimum atomic E-state index is 0.173.